The van der Waals surface area contributed by atoms with E-state index in [1.54, 1.807) is 0 Å². The van der Waals surface area contributed by atoms with Gasteiger partial charge in [-0.25, -0.2) is 4.98 Å². The van der Waals surface area contributed by atoms with Gasteiger partial charge < -0.3 is 10.8 Å². The van der Waals surface area contributed by atoms with E-state index in [1.807, 2.05) is 0 Å². The van der Waals surface area contributed by atoms with Crippen LogP contribution in [0.25, 0.3) is 0 Å². The molecule has 8 heteroatoms. The summed E-state index contributed by atoms with van der Waals surface area (Å²) in [7, 11) is 0. The predicted octanol–water partition coefficient (Wildman–Crippen LogP) is 0.150. The molecule has 0 radical (unpaired) electrons. The summed E-state index contributed by atoms with van der Waals surface area (Å²) in [5.41, 5.74) is 5.41. The van der Waals surface area contributed by atoms with Gasteiger partial charge in [0.2, 0.25) is 11.9 Å². The second kappa shape index (κ2) is 4.17. The van der Waals surface area contributed by atoms with Crippen LogP contribution in [0, 0.1) is 5.92 Å². The van der Waals surface area contributed by atoms with Crippen LogP contribution in [-0.2, 0) is 9.59 Å². The average molecular weight is 257 g/mol. The first-order valence-corrected chi connectivity index (χ1v) is 5.18. The zero-order chi connectivity index (χ0) is 12.6. The van der Waals surface area contributed by atoms with Crippen molar-refractivity contribution in [2.45, 2.75) is 6.42 Å². The highest BCUT2D eigenvalue weighted by Gasteiger charge is 2.35. The van der Waals surface area contributed by atoms with Crippen molar-refractivity contribution in [1.82, 2.24) is 9.97 Å². The van der Waals surface area contributed by atoms with Gasteiger partial charge in [0.15, 0.2) is 0 Å². The second-order valence-corrected chi connectivity index (χ2v) is 4.04. The monoisotopic (exact) mass is 256 g/mol. The summed E-state index contributed by atoms with van der Waals surface area (Å²) in [6, 6.07) is 1.38. The number of amides is 1. The van der Waals surface area contributed by atoms with Crippen molar-refractivity contribution in [2.75, 3.05) is 17.2 Å². The summed E-state index contributed by atoms with van der Waals surface area (Å²) in [4.78, 5) is 31.2. The van der Waals surface area contributed by atoms with Crippen molar-refractivity contribution < 1.29 is 14.7 Å². The number of aromatic nitrogens is 2. The van der Waals surface area contributed by atoms with Gasteiger partial charge in [-0.1, -0.05) is 11.6 Å². The van der Waals surface area contributed by atoms with Crippen LogP contribution in [0.1, 0.15) is 6.42 Å². The molecule has 1 aromatic rings. The zero-order valence-corrected chi connectivity index (χ0v) is 9.39. The number of carbonyl (C=O) groups excluding carboxylic acids is 1. The number of hydrogen-bond acceptors (Lipinski definition) is 5. The molecule has 2 rings (SSSR count). The van der Waals surface area contributed by atoms with Crippen LogP contribution in [0.5, 0.6) is 0 Å². The molecule has 1 unspecified atom stereocenters. The highest BCUT2D eigenvalue weighted by Crippen LogP contribution is 2.25. The number of hydrogen-bond donors (Lipinski definition) is 2. The summed E-state index contributed by atoms with van der Waals surface area (Å²) in [5.74, 6) is -1.87. The molecule has 1 atom stereocenters. The SMILES string of the molecule is Nc1nc(Cl)cc(N2CC(C(=O)O)CC2=O)n1. The first kappa shape index (κ1) is 11.6. The minimum Gasteiger partial charge on any atom is -0.481 e. The van der Waals surface area contributed by atoms with Gasteiger partial charge in [0.25, 0.3) is 0 Å². The molecule has 0 aliphatic carbocycles. The van der Waals surface area contributed by atoms with E-state index >= 15 is 0 Å². The largest absolute Gasteiger partial charge is 0.481 e. The zero-order valence-electron chi connectivity index (χ0n) is 8.63. The minimum atomic E-state index is -1.01. The fourth-order valence-corrected chi connectivity index (χ4v) is 1.84. The minimum absolute atomic E-state index is 0.0448. The molecular formula is C9H9ClN4O3. The smallest absolute Gasteiger partial charge is 0.308 e. The Morgan fingerprint density at radius 3 is 2.82 bits per heavy atom. The van der Waals surface area contributed by atoms with Crippen molar-refractivity contribution in [3.63, 3.8) is 0 Å². The number of nitrogens with zero attached hydrogens (tertiary/aromatic N) is 3. The Labute approximate surface area is 101 Å². The van der Waals surface area contributed by atoms with Gasteiger partial charge in [-0.2, -0.15) is 4.98 Å². The second-order valence-electron chi connectivity index (χ2n) is 3.65. The summed E-state index contributed by atoms with van der Waals surface area (Å²) in [6.07, 6.45) is -0.0448. The van der Waals surface area contributed by atoms with Crippen LogP contribution in [-0.4, -0.2) is 33.5 Å². The standard InChI is InChI=1S/C9H9ClN4O3/c10-5-2-6(13-9(11)12-5)14-3-4(8(16)17)1-7(14)15/h2,4H,1,3H2,(H,16,17)(H2,11,12,13). The van der Waals surface area contributed by atoms with Crippen molar-refractivity contribution in [3.8, 4) is 0 Å². The molecule has 1 saturated heterocycles. The maximum atomic E-state index is 11.6. The van der Waals surface area contributed by atoms with Crippen molar-refractivity contribution >= 4 is 35.2 Å². The number of carboxylic acids is 1. The molecule has 1 aliphatic heterocycles. The number of carboxylic acid groups (broad SMARTS) is 1. The molecule has 3 N–H and O–H groups in total. The van der Waals surface area contributed by atoms with Crippen molar-refractivity contribution in [2.24, 2.45) is 5.92 Å². The van der Waals surface area contributed by atoms with E-state index in [0.717, 1.165) is 0 Å². The predicted molar refractivity (Wildman–Crippen MR) is 59.6 cm³/mol. The molecule has 1 amide bonds. The lowest BCUT2D eigenvalue weighted by Gasteiger charge is -2.14. The van der Waals surface area contributed by atoms with Gasteiger partial charge in [-0.05, 0) is 0 Å². The fourth-order valence-electron chi connectivity index (χ4n) is 1.66. The number of anilines is 2. The fraction of sp³-hybridized carbons (Fsp3) is 0.333. The Bertz CT molecular complexity index is 473. The van der Waals surface area contributed by atoms with E-state index in [4.69, 9.17) is 22.4 Å². The van der Waals surface area contributed by atoms with Crippen LogP contribution in [0.3, 0.4) is 0 Å². The summed E-state index contributed by atoms with van der Waals surface area (Å²) in [5, 5.41) is 8.95. The average Bonchev–Trinajstić information content (AvgIpc) is 2.59. The van der Waals surface area contributed by atoms with Crippen LogP contribution >= 0.6 is 11.6 Å². The Hall–Kier alpha value is -1.89. The molecule has 90 valence electrons. The van der Waals surface area contributed by atoms with Gasteiger partial charge in [0, 0.05) is 19.0 Å². The summed E-state index contributed by atoms with van der Waals surface area (Å²) in [6.45, 7) is 0.0704. The Morgan fingerprint density at radius 2 is 2.29 bits per heavy atom. The number of halogens is 1. The van der Waals surface area contributed by atoms with Gasteiger partial charge in [-0.3, -0.25) is 14.5 Å². The normalized spacial score (nSPS) is 19.7. The summed E-state index contributed by atoms with van der Waals surface area (Å²) >= 11 is 5.69. The summed E-state index contributed by atoms with van der Waals surface area (Å²) < 4.78 is 0. The topological polar surface area (TPSA) is 109 Å². The first-order valence-electron chi connectivity index (χ1n) is 4.80. The van der Waals surface area contributed by atoms with Crippen LogP contribution in [0.2, 0.25) is 5.15 Å². The van der Waals surface area contributed by atoms with E-state index in [0.29, 0.717) is 0 Å². The number of nitrogen functional groups attached to an aromatic ring is 1. The van der Waals surface area contributed by atoms with Crippen molar-refractivity contribution in [1.29, 1.82) is 0 Å². The maximum Gasteiger partial charge on any atom is 0.308 e. The van der Waals surface area contributed by atoms with Gasteiger partial charge in [0.1, 0.15) is 11.0 Å². The molecule has 0 aromatic carbocycles. The van der Waals surface area contributed by atoms with Crippen LogP contribution in [0.15, 0.2) is 6.07 Å². The van der Waals surface area contributed by atoms with E-state index < -0.39 is 11.9 Å². The van der Waals surface area contributed by atoms with Crippen LogP contribution < -0.4 is 10.6 Å². The molecule has 2 heterocycles. The Kier molecular flexibility index (Phi) is 2.84. The molecule has 17 heavy (non-hydrogen) atoms. The lowest BCUT2D eigenvalue weighted by molar-refractivity contribution is -0.141. The Balaban J connectivity index is 2.28. The van der Waals surface area contributed by atoms with E-state index in [1.165, 1.54) is 11.0 Å². The number of aliphatic carboxylic acids is 1. The quantitative estimate of drug-likeness (QED) is 0.729. The third-order valence-corrected chi connectivity index (χ3v) is 2.64. The molecule has 0 saturated carbocycles. The van der Waals surface area contributed by atoms with Gasteiger partial charge in [0.05, 0.1) is 5.92 Å². The van der Waals surface area contributed by atoms with Gasteiger partial charge in [-0.15, -0.1) is 0 Å². The van der Waals surface area contributed by atoms with E-state index in [9.17, 15) is 9.59 Å². The molecule has 7 nitrogen and oxygen atoms in total. The molecule has 0 spiro atoms. The third-order valence-electron chi connectivity index (χ3n) is 2.45. The highest BCUT2D eigenvalue weighted by atomic mass is 35.5. The number of rotatable bonds is 2. The molecule has 1 fully saturated rings. The third kappa shape index (κ3) is 2.28. The molecular weight excluding hydrogens is 248 g/mol. The van der Waals surface area contributed by atoms with Crippen LogP contribution in [0.4, 0.5) is 11.8 Å². The number of nitrogens with two attached hydrogens (primary N) is 1. The van der Waals surface area contributed by atoms with E-state index in [-0.39, 0.29) is 35.8 Å². The Morgan fingerprint density at radius 1 is 1.59 bits per heavy atom. The highest BCUT2D eigenvalue weighted by molar-refractivity contribution is 6.29. The molecule has 1 aromatic heterocycles. The molecule has 0 bridgehead atoms. The maximum absolute atomic E-state index is 11.6. The number of carbonyl (C=O) groups is 2. The van der Waals surface area contributed by atoms with E-state index in [2.05, 4.69) is 9.97 Å². The lowest BCUT2D eigenvalue weighted by atomic mass is 10.1. The first-order chi connectivity index (χ1) is 7.97. The van der Waals surface area contributed by atoms with Gasteiger partial charge >= 0.3 is 5.97 Å². The van der Waals surface area contributed by atoms with Crippen molar-refractivity contribution in [3.05, 3.63) is 11.2 Å². The lowest BCUT2D eigenvalue weighted by Crippen LogP contribution is -2.27. The molecule has 1 aliphatic rings.